The topological polar surface area (TPSA) is 47.8 Å². The Hall–Kier alpha value is -1.97. The van der Waals surface area contributed by atoms with Gasteiger partial charge < -0.3 is 0 Å². The third-order valence-corrected chi connectivity index (χ3v) is 1.62. The van der Waals surface area contributed by atoms with Crippen LogP contribution < -0.4 is 0 Å². The van der Waals surface area contributed by atoms with Gasteiger partial charge in [-0.05, 0) is 12.1 Å². The number of hydrogen-bond acceptors (Lipinski definition) is 3. The Bertz CT molecular complexity index is 408. The van der Waals surface area contributed by atoms with Gasteiger partial charge in [-0.1, -0.05) is 6.07 Å². The molecule has 0 fully saturated rings. The van der Waals surface area contributed by atoms with Crippen LogP contribution in [0.2, 0.25) is 0 Å². The van der Waals surface area contributed by atoms with Crippen molar-refractivity contribution in [2.24, 2.45) is 0 Å². The summed E-state index contributed by atoms with van der Waals surface area (Å²) in [5.41, 5.74) is 0.547. The van der Waals surface area contributed by atoms with Gasteiger partial charge in [0.1, 0.15) is 0 Å². The minimum atomic E-state index is 0.547. The molecule has 0 aliphatic heterocycles. The number of carbonyl (C=O) groups excluding carboxylic acids is 1. The second-order valence-corrected chi connectivity index (χ2v) is 2.52. The van der Waals surface area contributed by atoms with Gasteiger partial charge >= 0.3 is 0 Å². The summed E-state index contributed by atoms with van der Waals surface area (Å²) < 4.78 is 1.56. The maximum absolute atomic E-state index is 10.4. The van der Waals surface area contributed by atoms with Gasteiger partial charge in [0.2, 0.25) is 0 Å². The van der Waals surface area contributed by atoms with Crippen LogP contribution in [0.3, 0.4) is 0 Å². The van der Waals surface area contributed by atoms with E-state index in [-0.39, 0.29) is 0 Å². The van der Waals surface area contributed by atoms with E-state index < -0.39 is 0 Å². The Morgan fingerprint density at radius 2 is 2.31 bits per heavy atom. The van der Waals surface area contributed by atoms with E-state index in [4.69, 9.17) is 0 Å². The van der Waals surface area contributed by atoms with E-state index in [1.165, 1.54) is 6.20 Å². The van der Waals surface area contributed by atoms with E-state index in [1.54, 1.807) is 17.1 Å². The molecule has 2 aromatic rings. The van der Waals surface area contributed by atoms with Crippen molar-refractivity contribution in [1.82, 2.24) is 14.8 Å². The summed E-state index contributed by atoms with van der Waals surface area (Å²) in [5, 5.41) is 3.98. The Balaban J connectivity index is 2.41. The summed E-state index contributed by atoms with van der Waals surface area (Å²) in [7, 11) is 0. The SMILES string of the molecule is O=Cc1cnn(-c2ccccn2)c1. The highest BCUT2D eigenvalue weighted by Crippen LogP contribution is 2.02. The number of aldehydes is 1. The summed E-state index contributed by atoms with van der Waals surface area (Å²) in [4.78, 5) is 14.5. The van der Waals surface area contributed by atoms with E-state index in [2.05, 4.69) is 10.1 Å². The molecule has 2 aromatic heterocycles. The molecule has 13 heavy (non-hydrogen) atoms. The fourth-order valence-electron chi connectivity index (χ4n) is 1.01. The van der Waals surface area contributed by atoms with Crippen molar-refractivity contribution in [3.63, 3.8) is 0 Å². The monoisotopic (exact) mass is 173 g/mol. The molecule has 0 aromatic carbocycles. The highest BCUT2D eigenvalue weighted by Gasteiger charge is 1.98. The lowest BCUT2D eigenvalue weighted by Crippen LogP contribution is -1.96. The third-order valence-electron chi connectivity index (χ3n) is 1.62. The number of aromatic nitrogens is 3. The minimum absolute atomic E-state index is 0.547. The van der Waals surface area contributed by atoms with Crippen LogP contribution in [0.4, 0.5) is 0 Å². The van der Waals surface area contributed by atoms with Crippen LogP contribution in [-0.2, 0) is 0 Å². The van der Waals surface area contributed by atoms with Crippen LogP contribution in [0, 0.1) is 0 Å². The Kier molecular flexibility index (Phi) is 1.88. The summed E-state index contributed by atoms with van der Waals surface area (Å²) in [6, 6.07) is 5.51. The first-order valence-corrected chi connectivity index (χ1v) is 3.81. The lowest BCUT2D eigenvalue weighted by atomic mass is 10.4. The molecular weight excluding hydrogens is 166 g/mol. The van der Waals surface area contributed by atoms with Gasteiger partial charge in [-0.2, -0.15) is 5.10 Å². The maximum atomic E-state index is 10.4. The van der Waals surface area contributed by atoms with Crippen molar-refractivity contribution in [2.75, 3.05) is 0 Å². The van der Waals surface area contributed by atoms with E-state index in [9.17, 15) is 4.79 Å². The molecule has 64 valence electrons. The molecular formula is C9H7N3O. The second kappa shape index (κ2) is 3.18. The van der Waals surface area contributed by atoms with Crippen LogP contribution in [-0.4, -0.2) is 21.1 Å². The molecule has 0 saturated heterocycles. The first-order chi connectivity index (χ1) is 6.40. The van der Waals surface area contributed by atoms with Crippen LogP contribution in [0.25, 0.3) is 5.82 Å². The molecule has 4 nitrogen and oxygen atoms in total. The zero-order valence-electron chi connectivity index (χ0n) is 6.79. The molecule has 0 aliphatic carbocycles. The Labute approximate surface area is 74.8 Å². The molecule has 0 amide bonds. The van der Waals surface area contributed by atoms with Gasteiger partial charge in [0.15, 0.2) is 12.1 Å². The van der Waals surface area contributed by atoms with E-state index in [1.807, 2.05) is 18.2 Å². The van der Waals surface area contributed by atoms with E-state index in [0.29, 0.717) is 11.4 Å². The summed E-state index contributed by atoms with van der Waals surface area (Å²) >= 11 is 0. The molecule has 0 aliphatic rings. The Morgan fingerprint density at radius 3 is 2.92 bits per heavy atom. The zero-order chi connectivity index (χ0) is 9.10. The van der Waals surface area contributed by atoms with Gasteiger partial charge in [0.25, 0.3) is 0 Å². The fourth-order valence-corrected chi connectivity index (χ4v) is 1.01. The van der Waals surface area contributed by atoms with Gasteiger partial charge in [-0.3, -0.25) is 4.79 Å². The highest BCUT2D eigenvalue weighted by atomic mass is 16.1. The largest absolute Gasteiger partial charge is 0.298 e. The minimum Gasteiger partial charge on any atom is -0.298 e. The fraction of sp³-hybridized carbons (Fsp3) is 0. The van der Waals surface area contributed by atoms with Crippen LogP contribution in [0.15, 0.2) is 36.8 Å². The zero-order valence-corrected chi connectivity index (χ0v) is 6.79. The number of nitrogens with zero attached hydrogens (tertiary/aromatic N) is 3. The molecule has 2 heterocycles. The lowest BCUT2D eigenvalue weighted by Gasteiger charge is -1.96. The average molecular weight is 173 g/mol. The van der Waals surface area contributed by atoms with Crippen LogP contribution >= 0.6 is 0 Å². The van der Waals surface area contributed by atoms with E-state index >= 15 is 0 Å². The number of rotatable bonds is 2. The highest BCUT2D eigenvalue weighted by molar-refractivity contribution is 5.73. The second-order valence-electron chi connectivity index (χ2n) is 2.52. The quantitative estimate of drug-likeness (QED) is 0.638. The van der Waals surface area contributed by atoms with E-state index in [0.717, 1.165) is 6.29 Å². The van der Waals surface area contributed by atoms with Gasteiger partial charge in [-0.15, -0.1) is 0 Å². The summed E-state index contributed by atoms with van der Waals surface area (Å²) in [5.74, 6) is 0.704. The first-order valence-electron chi connectivity index (χ1n) is 3.81. The smallest absolute Gasteiger partial charge is 0.153 e. The van der Waals surface area contributed by atoms with Gasteiger partial charge in [-0.25, -0.2) is 9.67 Å². The standard InChI is InChI=1S/C9H7N3O/c13-7-8-5-11-12(6-8)9-3-1-2-4-10-9/h1-7H. The maximum Gasteiger partial charge on any atom is 0.153 e. The van der Waals surface area contributed by atoms with Crippen molar-refractivity contribution in [3.8, 4) is 5.82 Å². The normalized spacial score (nSPS) is 9.85. The molecule has 0 N–H and O–H groups in total. The van der Waals surface area contributed by atoms with Crippen molar-refractivity contribution < 1.29 is 4.79 Å². The number of pyridine rings is 1. The lowest BCUT2D eigenvalue weighted by molar-refractivity contribution is 0.112. The van der Waals surface area contributed by atoms with Gasteiger partial charge in [0, 0.05) is 12.4 Å². The number of carbonyl (C=O) groups is 1. The first kappa shape index (κ1) is 7.67. The van der Waals surface area contributed by atoms with Crippen LogP contribution in [0.1, 0.15) is 10.4 Å². The molecule has 2 rings (SSSR count). The molecule has 0 spiro atoms. The van der Waals surface area contributed by atoms with Crippen molar-refractivity contribution in [2.45, 2.75) is 0 Å². The molecule has 0 unspecified atom stereocenters. The predicted octanol–water partition coefficient (Wildman–Crippen LogP) is 1.08. The summed E-state index contributed by atoms with van der Waals surface area (Å²) in [6.45, 7) is 0. The Morgan fingerprint density at radius 1 is 1.38 bits per heavy atom. The van der Waals surface area contributed by atoms with Crippen molar-refractivity contribution in [1.29, 1.82) is 0 Å². The number of hydrogen-bond donors (Lipinski definition) is 0. The molecule has 0 saturated carbocycles. The third kappa shape index (κ3) is 1.46. The molecule has 0 radical (unpaired) electrons. The van der Waals surface area contributed by atoms with Crippen molar-refractivity contribution in [3.05, 3.63) is 42.4 Å². The average Bonchev–Trinajstić information content (AvgIpc) is 2.67. The summed E-state index contributed by atoms with van der Waals surface area (Å²) in [6.07, 6.45) is 5.57. The molecule has 0 atom stereocenters. The predicted molar refractivity (Wildman–Crippen MR) is 46.7 cm³/mol. The molecule has 0 bridgehead atoms. The van der Waals surface area contributed by atoms with Crippen LogP contribution in [0.5, 0.6) is 0 Å². The molecule has 4 heteroatoms. The van der Waals surface area contributed by atoms with Gasteiger partial charge in [0.05, 0.1) is 11.8 Å². The van der Waals surface area contributed by atoms with Crippen molar-refractivity contribution >= 4 is 6.29 Å².